The third-order valence-corrected chi connectivity index (χ3v) is 5.57. The van der Waals surface area contributed by atoms with Crippen LogP contribution in [0.25, 0.3) is 16.7 Å². The van der Waals surface area contributed by atoms with Gasteiger partial charge >= 0.3 is 0 Å². The molecular weight excluding hydrogens is 344 g/mol. The van der Waals surface area contributed by atoms with Crippen molar-refractivity contribution < 1.29 is 0 Å². The Balaban J connectivity index is 1.67. The van der Waals surface area contributed by atoms with Gasteiger partial charge in [-0.1, -0.05) is 24.3 Å². The summed E-state index contributed by atoms with van der Waals surface area (Å²) in [6.07, 6.45) is 0. The van der Waals surface area contributed by atoms with Crippen LogP contribution in [0.2, 0.25) is 0 Å². The number of nitrogens with one attached hydrogen (secondary N) is 2. The number of thiophene rings is 1. The molecule has 2 N–H and O–H groups in total. The van der Waals surface area contributed by atoms with E-state index in [-0.39, 0.29) is 11.6 Å². The molecular formula is C20H20N4OS. The van der Waals surface area contributed by atoms with Crippen LogP contribution in [0.15, 0.2) is 58.7 Å². The van der Waals surface area contributed by atoms with Crippen molar-refractivity contribution in [1.29, 1.82) is 0 Å². The maximum absolute atomic E-state index is 12.6. The Morgan fingerprint density at radius 2 is 2.04 bits per heavy atom. The van der Waals surface area contributed by atoms with Crippen LogP contribution in [0.5, 0.6) is 0 Å². The first-order valence-electron chi connectivity index (χ1n) is 8.57. The van der Waals surface area contributed by atoms with Gasteiger partial charge < -0.3 is 10.3 Å². The van der Waals surface area contributed by atoms with Crippen molar-refractivity contribution in [2.45, 2.75) is 26.4 Å². The zero-order valence-electron chi connectivity index (χ0n) is 14.7. The molecule has 0 aliphatic heterocycles. The first-order chi connectivity index (χ1) is 12.6. The number of nitrogens with zero attached hydrogens (tertiary/aromatic N) is 2. The maximum Gasteiger partial charge on any atom is 0.254 e. The number of para-hydroxylation sites is 1. The van der Waals surface area contributed by atoms with Crippen LogP contribution in [-0.4, -0.2) is 14.8 Å². The molecule has 0 radical (unpaired) electrons. The number of H-pyrrole nitrogens is 1. The minimum atomic E-state index is -0.0829. The third-order valence-electron chi connectivity index (χ3n) is 4.52. The Hall–Kier alpha value is -2.70. The van der Waals surface area contributed by atoms with Crippen LogP contribution in [-0.2, 0) is 6.54 Å². The van der Waals surface area contributed by atoms with E-state index in [4.69, 9.17) is 0 Å². The highest BCUT2D eigenvalue weighted by molar-refractivity contribution is 7.10. The van der Waals surface area contributed by atoms with E-state index in [1.165, 1.54) is 4.88 Å². The standard InChI is InChI=1S/C20H20N4OS/c1-13-17-11-15(12-21-14(2)18-9-6-10-26-18)20(25)22-19(17)24(23-13)16-7-4-3-5-8-16/h3-11,14,21H,12H2,1-2H3,(H,22,25). The first-order valence-corrected chi connectivity index (χ1v) is 9.45. The smallest absolute Gasteiger partial charge is 0.254 e. The quantitative estimate of drug-likeness (QED) is 0.564. The van der Waals surface area contributed by atoms with E-state index < -0.39 is 0 Å². The number of hydrogen-bond donors (Lipinski definition) is 2. The lowest BCUT2D eigenvalue weighted by Gasteiger charge is -2.12. The summed E-state index contributed by atoms with van der Waals surface area (Å²) in [4.78, 5) is 16.9. The van der Waals surface area contributed by atoms with Gasteiger partial charge in [-0.2, -0.15) is 5.10 Å². The van der Waals surface area contributed by atoms with Gasteiger partial charge in [0.05, 0.1) is 11.4 Å². The van der Waals surface area contributed by atoms with Gasteiger partial charge in [-0.3, -0.25) is 4.79 Å². The van der Waals surface area contributed by atoms with E-state index in [0.717, 1.165) is 28.0 Å². The van der Waals surface area contributed by atoms with Crippen molar-refractivity contribution in [3.05, 3.63) is 80.4 Å². The highest BCUT2D eigenvalue weighted by Crippen LogP contribution is 2.21. The first kappa shape index (κ1) is 16.8. The molecule has 0 aliphatic rings. The van der Waals surface area contributed by atoms with Crippen LogP contribution in [0.3, 0.4) is 0 Å². The Bertz CT molecular complexity index is 1080. The van der Waals surface area contributed by atoms with Crippen LogP contribution in [0, 0.1) is 6.92 Å². The molecule has 0 amide bonds. The highest BCUT2D eigenvalue weighted by atomic mass is 32.1. The van der Waals surface area contributed by atoms with Gasteiger partial charge in [-0.05, 0) is 43.5 Å². The summed E-state index contributed by atoms with van der Waals surface area (Å²) in [5.41, 5.74) is 3.19. The van der Waals surface area contributed by atoms with Gasteiger partial charge in [0.15, 0.2) is 0 Å². The van der Waals surface area contributed by atoms with Crippen molar-refractivity contribution in [3.8, 4) is 5.69 Å². The van der Waals surface area contributed by atoms with Crippen molar-refractivity contribution in [1.82, 2.24) is 20.1 Å². The van der Waals surface area contributed by atoms with Gasteiger partial charge in [0.25, 0.3) is 5.56 Å². The number of hydrogen-bond acceptors (Lipinski definition) is 4. The predicted octanol–water partition coefficient (Wildman–Crippen LogP) is 3.93. The number of fused-ring (bicyclic) bond motifs is 1. The monoisotopic (exact) mass is 364 g/mol. The van der Waals surface area contributed by atoms with E-state index >= 15 is 0 Å². The highest BCUT2D eigenvalue weighted by Gasteiger charge is 2.13. The topological polar surface area (TPSA) is 62.7 Å². The molecule has 6 heteroatoms. The Kier molecular flexibility index (Phi) is 4.44. The van der Waals surface area contributed by atoms with Crippen LogP contribution >= 0.6 is 11.3 Å². The minimum Gasteiger partial charge on any atom is -0.306 e. The maximum atomic E-state index is 12.6. The van der Waals surface area contributed by atoms with E-state index in [2.05, 4.69) is 33.8 Å². The largest absolute Gasteiger partial charge is 0.306 e. The molecule has 4 aromatic rings. The third kappa shape index (κ3) is 3.09. The summed E-state index contributed by atoms with van der Waals surface area (Å²) in [6, 6.07) is 16.1. The SMILES string of the molecule is Cc1nn(-c2ccccc2)c2[nH]c(=O)c(CNC(C)c3cccs3)cc12. The zero-order chi connectivity index (χ0) is 18.1. The predicted molar refractivity (Wildman–Crippen MR) is 106 cm³/mol. The van der Waals surface area contributed by atoms with Crippen molar-refractivity contribution in [2.75, 3.05) is 0 Å². The van der Waals surface area contributed by atoms with Gasteiger partial charge in [-0.15, -0.1) is 11.3 Å². The number of pyridine rings is 1. The molecule has 3 heterocycles. The van der Waals surface area contributed by atoms with Gasteiger partial charge in [-0.25, -0.2) is 4.68 Å². The lowest BCUT2D eigenvalue weighted by atomic mass is 10.2. The van der Waals surface area contributed by atoms with Gasteiger partial charge in [0, 0.05) is 28.4 Å². The van der Waals surface area contributed by atoms with Gasteiger partial charge in [0.2, 0.25) is 0 Å². The summed E-state index contributed by atoms with van der Waals surface area (Å²) < 4.78 is 1.79. The van der Waals surface area contributed by atoms with E-state index in [0.29, 0.717) is 6.54 Å². The Morgan fingerprint density at radius 1 is 1.23 bits per heavy atom. The second-order valence-corrected chi connectivity index (χ2v) is 7.32. The lowest BCUT2D eigenvalue weighted by Crippen LogP contribution is -2.23. The van der Waals surface area contributed by atoms with E-state index in [1.807, 2.05) is 49.4 Å². The number of aromatic amines is 1. The molecule has 3 aromatic heterocycles. The fourth-order valence-corrected chi connectivity index (χ4v) is 3.81. The van der Waals surface area contributed by atoms with Crippen LogP contribution in [0.4, 0.5) is 0 Å². The van der Waals surface area contributed by atoms with Crippen molar-refractivity contribution in [3.63, 3.8) is 0 Å². The normalized spacial score (nSPS) is 12.5. The molecule has 1 unspecified atom stereocenters. The molecule has 0 fully saturated rings. The van der Waals surface area contributed by atoms with Crippen molar-refractivity contribution >= 4 is 22.4 Å². The molecule has 1 aromatic carbocycles. The average Bonchev–Trinajstić information content (AvgIpc) is 3.29. The Morgan fingerprint density at radius 3 is 2.77 bits per heavy atom. The number of rotatable bonds is 5. The second-order valence-electron chi connectivity index (χ2n) is 6.34. The van der Waals surface area contributed by atoms with Crippen molar-refractivity contribution in [2.24, 2.45) is 0 Å². The number of benzene rings is 1. The number of aryl methyl sites for hydroxylation is 1. The summed E-state index contributed by atoms with van der Waals surface area (Å²) in [7, 11) is 0. The summed E-state index contributed by atoms with van der Waals surface area (Å²) in [6.45, 7) is 4.59. The molecule has 26 heavy (non-hydrogen) atoms. The molecule has 0 spiro atoms. The summed E-state index contributed by atoms with van der Waals surface area (Å²) >= 11 is 1.71. The molecule has 1 atom stereocenters. The number of aromatic nitrogens is 3. The average molecular weight is 364 g/mol. The fraction of sp³-hybridized carbons (Fsp3) is 0.200. The van der Waals surface area contributed by atoms with Crippen LogP contribution < -0.4 is 10.9 Å². The molecule has 5 nitrogen and oxygen atoms in total. The molecule has 0 saturated heterocycles. The molecule has 0 aliphatic carbocycles. The molecule has 132 valence electrons. The zero-order valence-corrected chi connectivity index (χ0v) is 15.5. The van der Waals surface area contributed by atoms with Gasteiger partial charge in [0.1, 0.15) is 5.65 Å². The summed E-state index contributed by atoms with van der Waals surface area (Å²) in [5, 5.41) is 11.1. The summed E-state index contributed by atoms with van der Waals surface area (Å²) in [5.74, 6) is 0. The minimum absolute atomic E-state index is 0.0829. The fourth-order valence-electron chi connectivity index (χ4n) is 3.05. The molecule has 0 saturated carbocycles. The van der Waals surface area contributed by atoms with Crippen LogP contribution in [0.1, 0.15) is 29.1 Å². The molecule has 0 bridgehead atoms. The second kappa shape index (κ2) is 6.90. The molecule has 4 rings (SSSR count). The Labute approximate surface area is 155 Å². The van der Waals surface area contributed by atoms with E-state index in [1.54, 1.807) is 16.0 Å². The van der Waals surface area contributed by atoms with E-state index in [9.17, 15) is 4.79 Å². The lowest BCUT2D eigenvalue weighted by molar-refractivity contribution is 0.580.